The molecule has 0 saturated heterocycles. The molecule has 0 amide bonds. The first kappa shape index (κ1) is 16.4. The van der Waals surface area contributed by atoms with E-state index >= 15 is 0 Å². The lowest BCUT2D eigenvalue weighted by Gasteiger charge is -2.10. The summed E-state index contributed by atoms with van der Waals surface area (Å²) in [5.74, 6) is -0.306. The molecule has 0 saturated carbocycles. The van der Waals surface area contributed by atoms with Gasteiger partial charge >= 0.3 is 5.97 Å². The SMILES string of the molecule is CCCCCNC(=S)Nc1ccc(C(=O)OCC)cc1. The maximum Gasteiger partial charge on any atom is 0.338 e. The minimum absolute atomic E-state index is 0.306. The molecule has 2 N–H and O–H groups in total. The van der Waals surface area contributed by atoms with Crippen LogP contribution in [0.4, 0.5) is 5.69 Å². The second kappa shape index (κ2) is 9.31. The Morgan fingerprint density at radius 2 is 1.90 bits per heavy atom. The van der Waals surface area contributed by atoms with E-state index in [1.165, 1.54) is 12.8 Å². The Kier molecular flexibility index (Phi) is 7.65. The number of esters is 1. The van der Waals surface area contributed by atoms with Crippen molar-refractivity contribution in [3.63, 3.8) is 0 Å². The Bertz CT molecular complexity index is 432. The van der Waals surface area contributed by atoms with Crippen molar-refractivity contribution in [3.8, 4) is 0 Å². The molecule has 0 unspecified atom stereocenters. The molecule has 1 aromatic carbocycles. The maximum absolute atomic E-state index is 11.5. The van der Waals surface area contributed by atoms with Gasteiger partial charge in [-0.05, 0) is 49.8 Å². The van der Waals surface area contributed by atoms with E-state index in [2.05, 4.69) is 17.6 Å². The quantitative estimate of drug-likeness (QED) is 0.459. The highest BCUT2D eigenvalue weighted by atomic mass is 32.1. The summed E-state index contributed by atoms with van der Waals surface area (Å²) in [4.78, 5) is 11.5. The van der Waals surface area contributed by atoms with E-state index in [-0.39, 0.29) is 5.97 Å². The normalized spacial score (nSPS) is 9.90. The summed E-state index contributed by atoms with van der Waals surface area (Å²) < 4.78 is 4.93. The summed E-state index contributed by atoms with van der Waals surface area (Å²) in [5, 5.41) is 6.84. The van der Waals surface area contributed by atoms with Gasteiger partial charge in [0.25, 0.3) is 0 Å². The third-order valence-corrected chi connectivity index (χ3v) is 2.97. The zero-order valence-corrected chi connectivity index (χ0v) is 12.9. The van der Waals surface area contributed by atoms with Crippen molar-refractivity contribution >= 4 is 29.0 Å². The van der Waals surface area contributed by atoms with Crippen molar-refractivity contribution in [3.05, 3.63) is 29.8 Å². The molecule has 0 atom stereocenters. The fraction of sp³-hybridized carbons (Fsp3) is 0.467. The first-order valence-corrected chi connectivity index (χ1v) is 7.40. The number of ether oxygens (including phenoxy) is 1. The summed E-state index contributed by atoms with van der Waals surface area (Å²) in [7, 11) is 0. The van der Waals surface area contributed by atoms with E-state index in [1.54, 1.807) is 19.1 Å². The van der Waals surface area contributed by atoms with Crippen LogP contribution in [0.3, 0.4) is 0 Å². The van der Waals surface area contributed by atoms with Crippen LogP contribution in [0.25, 0.3) is 0 Å². The molecule has 1 rings (SSSR count). The van der Waals surface area contributed by atoms with E-state index in [4.69, 9.17) is 17.0 Å². The molecule has 0 heterocycles. The van der Waals surface area contributed by atoms with Gasteiger partial charge in [-0.2, -0.15) is 0 Å². The number of anilines is 1. The van der Waals surface area contributed by atoms with Gasteiger partial charge in [0.1, 0.15) is 0 Å². The van der Waals surface area contributed by atoms with Crippen LogP contribution in [0, 0.1) is 0 Å². The van der Waals surface area contributed by atoms with E-state index in [0.717, 1.165) is 18.7 Å². The van der Waals surface area contributed by atoms with E-state index in [1.807, 2.05) is 12.1 Å². The van der Waals surface area contributed by atoms with Gasteiger partial charge in [0, 0.05) is 12.2 Å². The van der Waals surface area contributed by atoms with Gasteiger partial charge < -0.3 is 15.4 Å². The molecule has 0 aromatic heterocycles. The topological polar surface area (TPSA) is 50.4 Å². The van der Waals surface area contributed by atoms with Gasteiger partial charge in [0.2, 0.25) is 0 Å². The smallest absolute Gasteiger partial charge is 0.338 e. The highest BCUT2D eigenvalue weighted by molar-refractivity contribution is 7.80. The number of benzene rings is 1. The third-order valence-electron chi connectivity index (χ3n) is 2.72. The van der Waals surface area contributed by atoms with Crippen molar-refractivity contribution < 1.29 is 9.53 Å². The molecular formula is C15H22N2O2S. The predicted octanol–water partition coefficient (Wildman–Crippen LogP) is 3.34. The second-order valence-electron chi connectivity index (χ2n) is 4.39. The van der Waals surface area contributed by atoms with Gasteiger partial charge in [-0.3, -0.25) is 0 Å². The van der Waals surface area contributed by atoms with Crippen LogP contribution in [0.15, 0.2) is 24.3 Å². The molecule has 110 valence electrons. The van der Waals surface area contributed by atoms with Crippen molar-refractivity contribution in [2.75, 3.05) is 18.5 Å². The molecule has 20 heavy (non-hydrogen) atoms. The van der Waals surface area contributed by atoms with E-state index in [0.29, 0.717) is 17.3 Å². The molecule has 1 aromatic rings. The Morgan fingerprint density at radius 3 is 2.50 bits per heavy atom. The largest absolute Gasteiger partial charge is 0.462 e. The van der Waals surface area contributed by atoms with Crippen LogP contribution < -0.4 is 10.6 Å². The number of unbranched alkanes of at least 4 members (excludes halogenated alkanes) is 2. The van der Waals surface area contributed by atoms with Crippen LogP contribution in [0.2, 0.25) is 0 Å². The Hall–Kier alpha value is -1.62. The van der Waals surface area contributed by atoms with Gasteiger partial charge in [0.15, 0.2) is 5.11 Å². The Labute approximate surface area is 125 Å². The van der Waals surface area contributed by atoms with Crippen molar-refractivity contribution in [1.82, 2.24) is 5.32 Å². The van der Waals surface area contributed by atoms with Crippen molar-refractivity contribution in [1.29, 1.82) is 0 Å². The number of hydrogen-bond donors (Lipinski definition) is 2. The molecule has 5 heteroatoms. The highest BCUT2D eigenvalue weighted by Crippen LogP contribution is 2.10. The molecule has 4 nitrogen and oxygen atoms in total. The molecule has 0 aliphatic carbocycles. The number of thiocarbonyl (C=S) groups is 1. The van der Waals surface area contributed by atoms with E-state index in [9.17, 15) is 4.79 Å². The molecule has 0 radical (unpaired) electrons. The van der Waals surface area contributed by atoms with Crippen LogP contribution in [-0.4, -0.2) is 24.2 Å². The van der Waals surface area contributed by atoms with Crippen LogP contribution in [0.5, 0.6) is 0 Å². The lowest BCUT2D eigenvalue weighted by Crippen LogP contribution is -2.29. The van der Waals surface area contributed by atoms with Crippen LogP contribution >= 0.6 is 12.2 Å². The third kappa shape index (κ3) is 6.02. The van der Waals surface area contributed by atoms with Crippen LogP contribution in [-0.2, 0) is 4.74 Å². The summed E-state index contributed by atoms with van der Waals surface area (Å²) in [6.07, 6.45) is 3.50. The molecule has 0 bridgehead atoms. The van der Waals surface area contributed by atoms with Gasteiger partial charge in [-0.25, -0.2) is 4.79 Å². The molecular weight excluding hydrogens is 272 g/mol. The number of hydrogen-bond acceptors (Lipinski definition) is 3. The maximum atomic E-state index is 11.5. The van der Waals surface area contributed by atoms with Gasteiger partial charge in [0.05, 0.1) is 12.2 Å². The molecule has 0 aliphatic rings. The monoisotopic (exact) mass is 294 g/mol. The van der Waals surface area contributed by atoms with Gasteiger partial charge in [-0.15, -0.1) is 0 Å². The zero-order chi connectivity index (χ0) is 14.8. The minimum Gasteiger partial charge on any atom is -0.462 e. The van der Waals surface area contributed by atoms with Crippen molar-refractivity contribution in [2.45, 2.75) is 33.1 Å². The number of rotatable bonds is 7. The summed E-state index contributed by atoms with van der Waals surface area (Å²) in [6, 6.07) is 7.07. The first-order valence-electron chi connectivity index (χ1n) is 6.99. The fourth-order valence-corrected chi connectivity index (χ4v) is 1.88. The Morgan fingerprint density at radius 1 is 1.20 bits per heavy atom. The number of carbonyl (C=O) groups excluding carboxylic acids is 1. The number of nitrogens with one attached hydrogen (secondary N) is 2. The predicted molar refractivity (Wildman–Crippen MR) is 86.1 cm³/mol. The Balaban J connectivity index is 2.41. The fourth-order valence-electron chi connectivity index (χ4n) is 1.66. The molecule has 0 fully saturated rings. The second-order valence-corrected chi connectivity index (χ2v) is 4.79. The zero-order valence-electron chi connectivity index (χ0n) is 12.1. The van der Waals surface area contributed by atoms with Crippen LogP contribution in [0.1, 0.15) is 43.5 Å². The lowest BCUT2D eigenvalue weighted by molar-refractivity contribution is 0.0526. The summed E-state index contributed by atoms with van der Waals surface area (Å²) in [6.45, 7) is 5.21. The number of carbonyl (C=O) groups is 1. The van der Waals surface area contributed by atoms with Crippen molar-refractivity contribution in [2.24, 2.45) is 0 Å². The summed E-state index contributed by atoms with van der Waals surface area (Å²) in [5.41, 5.74) is 1.39. The molecule has 0 aliphatic heterocycles. The average Bonchev–Trinajstić information content (AvgIpc) is 2.45. The minimum atomic E-state index is -0.306. The van der Waals surface area contributed by atoms with E-state index < -0.39 is 0 Å². The van der Waals surface area contributed by atoms with Gasteiger partial charge in [-0.1, -0.05) is 19.8 Å². The lowest BCUT2D eigenvalue weighted by atomic mass is 10.2. The average molecular weight is 294 g/mol. The highest BCUT2D eigenvalue weighted by Gasteiger charge is 2.05. The summed E-state index contributed by atoms with van der Waals surface area (Å²) >= 11 is 5.20. The molecule has 0 spiro atoms. The first-order chi connectivity index (χ1) is 9.67. The standard InChI is InChI=1S/C15H22N2O2S/c1-3-5-6-11-16-15(20)17-13-9-7-12(8-10-13)14(18)19-4-2/h7-10H,3-6,11H2,1-2H3,(H2,16,17,20).